The number of imidazole rings is 1. The number of nitrogens with zero attached hydrogens (tertiary/aromatic N) is 4. The number of halogens is 3. The lowest BCUT2D eigenvalue weighted by atomic mass is 9.91. The van der Waals surface area contributed by atoms with Crippen molar-refractivity contribution in [2.24, 2.45) is 0 Å². The van der Waals surface area contributed by atoms with Crippen LogP contribution in [0.5, 0.6) is 0 Å². The molecule has 2 N–H and O–H groups in total. The van der Waals surface area contributed by atoms with Crippen LogP contribution < -0.4 is 10.6 Å². The largest absolute Gasteiger partial charge is 0.434 e. The van der Waals surface area contributed by atoms with Gasteiger partial charge in [-0.15, -0.1) is 0 Å². The molecule has 0 saturated heterocycles. The number of rotatable bonds is 4. The normalized spacial score (nSPS) is 19.6. The van der Waals surface area contributed by atoms with Crippen molar-refractivity contribution in [1.82, 2.24) is 19.4 Å². The second-order valence-corrected chi connectivity index (χ2v) is 7.84. The van der Waals surface area contributed by atoms with Gasteiger partial charge >= 0.3 is 6.18 Å². The van der Waals surface area contributed by atoms with E-state index in [9.17, 15) is 13.2 Å². The van der Waals surface area contributed by atoms with E-state index in [0.29, 0.717) is 5.82 Å². The Labute approximate surface area is 176 Å². The maximum atomic E-state index is 13.1. The predicted molar refractivity (Wildman–Crippen MR) is 113 cm³/mol. The van der Waals surface area contributed by atoms with Crippen LogP contribution in [0.25, 0.3) is 16.6 Å². The summed E-state index contributed by atoms with van der Waals surface area (Å²) < 4.78 is 40.7. The number of hydrogen-bond donors (Lipinski definition) is 2. The Morgan fingerprint density at radius 2 is 1.77 bits per heavy atom. The molecule has 2 unspecified atom stereocenters. The van der Waals surface area contributed by atoms with Crippen molar-refractivity contribution in [2.75, 3.05) is 10.6 Å². The summed E-state index contributed by atoms with van der Waals surface area (Å²) in [6.45, 7) is 0. The summed E-state index contributed by atoms with van der Waals surface area (Å²) in [7, 11) is 0. The highest BCUT2D eigenvalue weighted by atomic mass is 19.4. The molecule has 31 heavy (non-hydrogen) atoms. The molecule has 1 aliphatic carbocycles. The minimum Gasteiger partial charge on any atom is -0.368 e. The smallest absolute Gasteiger partial charge is 0.368 e. The molecule has 0 aliphatic heterocycles. The molecule has 1 aliphatic rings. The van der Waals surface area contributed by atoms with Crippen LogP contribution in [0, 0.1) is 0 Å². The Balaban J connectivity index is 1.34. The van der Waals surface area contributed by atoms with Crippen molar-refractivity contribution in [3.8, 4) is 0 Å². The first-order chi connectivity index (χ1) is 15.0. The first-order valence-corrected chi connectivity index (χ1v) is 10.3. The molecule has 0 aromatic carbocycles. The first kappa shape index (κ1) is 19.6. The molecule has 0 radical (unpaired) electrons. The summed E-state index contributed by atoms with van der Waals surface area (Å²) in [4.78, 5) is 12.6. The lowest BCUT2D eigenvalue weighted by Gasteiger charge is -2.31. The summed E-state index contributed by atoms with van der Waals surface area (Å²) in [6.07, 6.45) is 3.86. The van der Waals surface area contributed by atoms with Gasteiger partial charge in [0.2, 0.25) is 0 Å². The van der Waals surface area contributed by atoms with Crippen LogP contribution in [-0.4, -0.2) is 31.4 Å². The SMILES string of the molecule is FC(F)(F)c1cn2c(NC3CCCC(Nc4nccc5ncccc45)C3)cccc2n1. The Kier molecular flexibility index (Phi) is 4.88. The van der Waals surface area contributed by atoms with Gasteiger partial charge in [0.1, 0.15) is 17.3 Å². The highest BCUT2D eigenvalue weighted by Crippen LogP contribution is 2.31. The topological polar surface area (TPSA) is 67.1 Å². The van der Waals surface area contributed by atoms with Crippen molar-refractivity contribution >= 4 is 28.2 Å². The van der Waals surface area contributed by atoms with Gasteiger partial charge in [0.05, 0.1) is 5.52 Å². The van der Waals surface area contributed by atoms with Crippen LogP contribution in [0.15, 0.2) is 55.0 Å². The summed E-state index contributed by atoms with van der Waals surface area (Å²) in [5, 5.41) is 7.94. The van der Waals surface area contributed by atoms with Crippen molar-refractivity contribution in [2.45, 2.75) is 43.9 Å². The molecule has 4 heterocycles. The maximum absolute atomic E-state index is 13.1. The molecule has 160 valence electrons. The van der Waals surface area contributed by atoms with Crippen molar-refractivity contribution in [1.29, 1.82) is 0 Å². The van der Waals surface area contributed by atoms with Crippen molar-refractivity contribution in [3.63, 3.8) is 0 Å². The highest BCUT2D eigenvalue weighted by Gasteiger charge is 2.34. The molecule has 1 fully saturated rings. The van der Waals surface area contributed by atoms with E-state index >= 15 is 0 Å². The molecule has 9 heteroatoms. The van der Waals surface area contributed by atoms with Gasteiger partial charge in [0.15, 0.2) is 5.69 Å². The zero-order chi connectivity index (χ0) is 21.4. The van der Waals surface area contributed by atoms with Gasteiger partial charge in [-0.05, 0) is 56.0 Å². The quantitative estimate of drug-likeness (QED) is 0.474. The summed E-state index contributed by atoms with van der Waals surface area (Å²) in [5.41, 5.74) is 0.272. The average molecular weight is 426 g/mol. The fourth-order valence-corrected chi connectivity index (χ4v) is 4.24. The molecule has 4 aromatic heterocycles. The monoisotopic (exact) mass is 426 g/mol. The van der Waals surface area contributed by atoms with Gasteiger partial charge in [-0.25, -0.2) is 9.97 Å². The van der Waals surface area contributed by atoms with Gasteiger partial charge in [-0.3, -0.25) is 9.38 Å². The minimum absolute atomic E-state index is 0.127. The van der Waals surface area contributed by atoms with Crippen LogP contribution in [0.1, 0.15) is 31.4 Å². The van der Waals surface area contributed by atoms with Gasteiger partial charge in [-0.2, -0.15) is 13.2 Å². The van der Waals surface area contributed by atoms with Crippen LogP contribution in [0.3, 0.4) is 0 Å². The number of aromatic nitrogens is 4. The lowest BCUT2D eigenvalue weighted by Crippen LogP contribution is -2.35. The van der Waals surface area contributed by atoms with Gasteiger partial charge in [-0.1, -0.05) is 6.07 Å². The second kappa shape index (κ2) is 7.72. The summed E-state index contributed by atoms with van der Waals surface area (Å²) >= 11 is 0. The maximum Gasteiger partial charge on any atom is 0.434 e. The van der Waals surface area contributed by atoms with Crippen LogP contribution in [0.2, 0.25) is 0 Å². The number of hydrogen-bond acceptors (Lipinski definition) is 5. The van der Waals surface area contributed by atoms with Crippen molar-refractivity contribution < 1.29 is 13.2 Å². The van der Waals surface area contributed by atoms with E-state index in [-0.39, 0.29) is 17.7 Å². The van der Waals surface area contributed by atoms with Crippen LogP contribution >= 0.6 is 0 Å². The molecule has 2 atom stereocenters. The highest BCUT2D eigenvalue weighted by molar-refractivity contribution is 5.88. The average Bonchev–Trinajstić information content (AvgIpc) is 3.21. The Hall–Kier alpha value is -3.36. The molecule has 0 spiro atoms. The Bertz CT molecular complexity index is 1210. The third kappa shape index (κ3) is 3.99. The summed E-state index contributed by atoms with van der Waals surface area (Å²) in [6, 6.07) is 11.2. The Morgan fingerprint density at radius 3 is 2.61 bits per heavy atom. The summed E-state index contributed by atoms with van der Waals surface area (Å²) in [5.74, 6) is 1.42. The molecular formula is C22H21F3N6. The molecular weight excluding hydrogens is 405 g/mol. The minimum atomic E-state index is -4.47. The standard InChI is InChI=1S/C22H21F3N6/c23-22(24,25)18-13-31-19(7-2-8-20(31)30-18)28-14-4-1-5-15(12-14)29-21-16-6-3-10-26-17(16)9-11-27-21/h2-3,6-11,13-15,28H,1,4-5,12H2,(H,27,29). The predicted octanol–water partition coefficient (Wildman–Crippen LogP) is 5.13. The third-order valence-electron chi connectivity index (χ3n) is 5.68. The Morgan fingerprint density at radius 1 is 0.935 bits per heavy atom. The number of nitrogens with one attached hydrogen (secondary N) is 2. The number of pyridine rings is 3. The van der Waals surface area contributed by atoms with Gasteiger partial charge in [0, 0.05) is 36.1 Å². The van der Waals surface area contributed by atoms with E-state index in [0.717, 1.165) is 48.6 Å². The second-order valence-electron chi connectivity index (χ2n) is 7.84. The molecule has 4 aromatic rings. The van der Waals surface area contributed by atoms with Crippen molar-refractivity contribution in [3.05, 3.63) is 60.7 Å². The number of alkyl halides is 3. The van der Waals surface area contributed by atoms with E-state index in [4.69, 9.17) is 0 Å². The molecule has 5 rings (SSSR count). The molecule has 1 saturated carbocycles. The fraction of sp³-hybridized carbons (Fsp3) is 0.318. The van der Waals surface area contributed by atoms with Crippen LogP contribution in [-0.2, 0) is 6.18 Å². The molecule has 0 amide bonds. The van der Waals surface area contributed by atoms with E-state index in [1.807, 2.05) is 18.2 Å². The zero-order valence-electron chi connectivity index (χ0n) is 16.6. The lowest BCUT2D eigenvalue weighted by molar-refractivity contribution is -0.140. The van der Waals surface area contributed by atoms with Gasteiger partial charge < -0.3 is 10.6 Å². The molecule has 6 nitrogen and oxygen atoms in total. The fourth-order valence-electron chi connectivity index (χ4n) is 4.24. The number of anilines is 2. The van der Waals surface area contributed by atoms with Gasteiger partial charge in [0.25, 0.3) is 0 Å². The molecule has 0 bridgehead atoms. The zero-order valence-corrected chi connectivity index (χ0v) is 16.6. The number of fused-ring (bicyclic) bond motifs is 2. The van der Waals surface area contributed by atoms with E-state index in [2.05, 4.69) is 25.6 Å². The van der Waals surface area contributed by atoms with E-state index in [1.54, 1.807) is 30.6 Å². The van der Waals surface area contributed by atoms with E-state index < -0.39 is 11.9 Å². The van der Waals surface area contributed by atoms with E-state index in [1.165, 1.54) is 4.40 Å². The van der Waals surface area contributed by atoms with Crippen LogP contribution in [0.4, 0.5) is 24.8 Å². The first-order valence-electron chi connectivity index (χ1n) is 10.3. The third-order valence-corrected chi connectivity index (χ3v) is 5.68.